The molecule has 0 bridgehead atoms. The molecule has 3 aliphatic rings. The van der Waals surface area contributed by atoms with E-state index in [2.05, 4.69) is 24.1 Å². The van der Waals surface area contributed by atoms with Crippen LogP contribution in [-0.4, -0.2) is 36.0 Å². The molecule has 0 radical (unpaired) electrons. The van der Waals surface area contributed by atoms with Gasteiger partial charge in [-0.1, -0.05) is 26.7 Å². The van der Waals surface area contributed by atoms with Crippen molar-refractivity contribution >= 4 is 5.91 Å². The Bertz CT molecular complexity index is 329. The first-order valence-electron chi connectivity index (χ1n) is 8.10. The van der Waals surface area contributed by atoms with Crippen LogP contribution in [0.25, 0.3) is 0 Å². The van der Waals surface area contributed by atoms with Crippen molar-refractivity contribution in [3.63, 3.8) is 0 Å². The number of rotatable bonds is 1. The fraction of sp³-hybridized carbons (Fsp3) is 0.938. The fourth-order valence-electron chi connectivity index (χ4n) is 4.06. The van der Waals surface area contributed by atoms with Gasteiger partial charge >= 0.3 is 0 Å². The van der Waals surface area contributed by atoms with E-state index < -0.39 is 0 Å². The number of nitrogens with one attached hydrogen (secondary N) is 1. The lowest BCUT2D eigenvalue weighted by atomic mass is 9.82. The van der Waals surface area contributed by atoms with Crippen molar-refractivity contribution < 1.29 is 4.79 Å². The summed E-state index contributed by atoms with van der Waals surface area (Å²) in [7, 11) is 0. The Balaban J connectivity index is 1.56. The molecule has 1 amide bonds. The Morgan fingerprint density at radius 3 is 2.53 bits per heavy atom. The molecule has 0 spiro atoms. The Kier molecular flexibility index (Phi) is 3.59. The number of carbonyl (C=O) groups is 1. The van der Waals surface area contributed by atoms with Crippen LogP contribution in [0.4, 0.5) is 0 Å². The predicted octanol–water partition coefficient (Wildman–Crippen LogP) is 2.56. The van der Waals surface area contributed by atoms with Gasteiger partial charge in [-0.3, -0.25) is 4.79 Å². The zero-order valence-corrected chi connectivity index (χ0v) is 12.5. The van der Waals surface area contributed by atoms with Crippen LogP contribution in [0.15, 0.2) is 0 Å². The molecule has 19 heavy (non-hydrogen) atoms. The van der Waals surface area contributed by atoms with Crippen molar-refractivity contribution in [3.8, 4) is 0 Å². The molecule has 108 valence electrons. The highest BCUT2D eigenvalue weighted by atomic mass is 16.2. The molecule has 3 rings (SSSR count). The van der Waals surface area contributed by atoms with E-state index in [-0.39, 0.29) is 6.04 Å². The summed E-state index contributed by atoms with van der Waals surface area (Å²) in [6.07, 6.45) is 8.70. The maximum Gasteiger partial charge on any atom is 0.239 e. The van der Waals surface area contributed by atoms with Crippen LogP contribution in [0.2, 0.25) is 0 Å². The van der Waals surface area contributed by atoms with Gasteiger partial charge in [0.25, 0.3) is 0 Å². The number of nitrogens with zero attached hydrogens (tertiary/aromatic N) is 1. The molecule has 2 saturated heterocycles. The second-order valence-electron chi connectivity index (χ2n) is 7.60. The van der Waals surface area contributed by atoms with Crippen LogP contribution < -0.4 is 5.32 Å². The zero-order valence-electron chi connectivity index (χ0n) is 12.5. The average Bonchev–Trinajstić information content (AvgIpc) is 2.81. The Labute approximate surface area is 117 Å². The van der Waals surface area contributed by atoms with Crippen LogP contribution in [-0.2, 0) is 4.79 Å². The molecule has 1 aliphatic carbocycles. The summed E-state index contributed by atoms with van der Waals surface area (Å²) in [4.78, 5) is 14.7. The van der Waals surface area contributed by atoms with E-state index in [1.54, 1.807) is 0 Å². The Hall–Kier alpha value is -0.570. The van der Waals surface area contributed by atoms with Crippen LogP contribution in [0.1, 0.15) is 58.8 Å². The highest BCUT2D eigenvalue weighted by Crippen LogP contribution is 2.35. The molecule has 2 heterocycles. The third-order valence-corrected chi connectivity index (χ3v) is 5.59. The molecule has 3 nitrogen and oxygen atoms in total. The van der Waals surface area contributed by atoms with Crippen LogP contribution in [0, 0.1) is 11.3 Å². The standard InChI is InChI=1S/C16H28N2O/c1-16(2)7-9-18(10-8-16)15(19)14-11-12-5-3-4-6-13(12)17-14/h12-14,17H,3-11H2,1-2H3. The van der Waals surface area contributed by atoms with Gasteiger partial charge in [-0.15, -0.1) is 0 Å². The number of hydrogen-bond donors (Lipinski definition) is 1. The third-order valence-electron chi connectivity index (χ3n) is 5.59. The van der Waals surface area contributed by atoms with Gasteiger partial charge in [0.2, 0.25) is 5.91 Å². The largest absolute Gasteiger partial charge is 0.341 e. The number of likely N-dealkylation sites (tertiary alicyclic amines) is 1. The molecule has 0 aromatic carbocycles. The van der Waals surface area contributed by atoms with Crippen LogP contribution in [0.5, 0.6) is 0 Å². The van der Waals surface area contributed by atoms with Gasteiger partial charge in [0, 0.05) is 19.1 Å². The molecule has 1 saturated carbocycles. The van der Waals surface area contributed by atoms with E-state index in [1.807, 2.05) is 0 Å². The first-order chi connectivity index (χ1) is 9.05. The van der Waals surface area contributed by atoms with Gasteiger partial charge in [-0.2, -0.15) is 0 Å². The highest BCUT2D eigenvalue weighted by molar-refractivity contribution is 5.82. The predicted molar refractivity (Wildman–Crippen MR) is 76.9 cm³/mol. The molecule has 3 atom stereocenters. The topological polar surface area (TPSA) is 32.3 Å². The lowest BCUT2D eigenvalue weighted by Gasteiger charge is -2.38. The number of hydrogen-bond acceptors (Lipinski definition) is 2. The monoisotopic (exact) mass is 264 g/mol. The summed E-state index contributed by atoms with van der Waals surface area (Å²) in [6, 6.07) is 0.748. The SMILES string of the molecule is CC1(C)CCN(C(=O)C2CC3CCCCC3N2)CC1. The van der Waals surface area contributed by atoms with Crippen LogP contribution in [0.3, 0.4) is 0 Å². The second-order valence-corrected chi connectivity index (χ2v) is 7.60. The van der Waals surface area contributed by atoms with E-state index in [0.29, 0.717) is 17.4 Å². The quantitative estimate of drug-likeness (QED) is 0.789. The minimum atomic E-state index is 0.120. The summed E-state index contributed by atoms with van der Waals surface area (Å²) in [5.41, 5.74) is 0.424. The maximum absolute atomic E-state index is 12.6. The van der Waals surface area contributed by atoms with E-state index in [0.717, 1.165) is 38.3 Å². The lowest BCUT2D eigenvalue weighted by molar-refractivity contribution is -0.135. The summed E-state index contributed by atoms with van der Waals surface area (Å²) >= 11 is 0. The highest BCUT2D eigenvalue weighted by Gasteiger charge is 2.40. The molecule has 3 heteroatoms. The third kappa shape index (κ3) is 2.81. The van der Waals surface area contributed by atoms with Gasteiger partial charge in [-0.25, -0.2) is 0 Å². The Morgan fingerprint density at radius 2 is 1.84 bits per heavy atom. The van der Waals surface area contributed by atoms with Gasteiger partial charge < -0.3 is 10.2 Å². The molecule has 2 aliphatic heterocycles. The van der Waals surface area contributed by atoms with Gasteiger partial charge in [0.05, 0.1) is 6.04 Å². The number of carbonyl (C=O) groups excluding carboxylic acids is 1. The second kappa shape index (κ2) is 5.08. The van der Waals surface area contributed by atoms with Crippen molar-refractivity contribution in [2.45, 2.75) is 70.9 Å². The lowest BCUT2D eigenvalue weighted by Crippen LogP contribution is -2.49. The zero-order chi connectivity index (χ0) is 13.5. The smallest absolute Gasteiger partial charge is 0.239 e. The number of piperidine rings is 1. The van der Waals surface area contributed by atoms with Crippen molar-refractivity contribution in [2.75, 3.05) is 13.1 Å². The van der Waals surface area contributed by atoms with E-state index in [1.165, 1.54) is 25.7 Å². The summed E-state index contributed by atoms with van der Waals surface area (Å²) in [5, 5.41) is 3.62. The average molecular weight is 264 g/mol. The van der Waals surface area contributed by atoms with Gasteiger partial charge in [0.1, 0.15) is 0 Å². The summed E-state index contributed by atoms with van der Waals surface area (Å²) in [6.45, 7) is 6.55. The van der Waals surface area contributed by atoms with E-state index >= 15 is 0 Å². The molecule has 3 fully saturated rings. The first kappa shape index (κ1) is 13.4. The molecule has 0 aromatic heterocycles. The summed E-state index contributed by atoms with van der Waals surface area (Å²) in [5.74, 6) is 1.15. The van der Waals surface area contributed by atoms with Crippen LogP contribution >= 0.6 is 0 Å². The van der Waals surface area contributed by atoms with Gasteiger partial charge in [-0.05, 0) is 43.4 Å². The van der Waals surface area contributed by atoms with E-state index in [9.17, 15) is 4.79 Å². The summed E-state index contributed by atoms with van der Waals surface area (Å²) < 4.78 is 0. The normalized spacial score (nSPS) is 38.0. The molecule has 0 aromatic rings. The molecular weight excluding hydrogens is 236 g/mol. The number of amides is 1. The van der Waals surface area contributed by atoms with E-state index in [4.69, 9.17) is 0 Å². The van der Waals surface area contributed by atoms with Crippen molar-refractivity contribution in [3.05, 3.63) is 0 Å². The molecule has 1 N–H and O–H groups in total. The van der Waals surface area contributed by atoms with Crippen molar-refractivity contribution in [1.29, 1.82) is 0 Å². The molecule has 3 unspecified atom stereocenters. The fourth-order valence-corrected chi connectivity index (χ4v) is 4.06. The minimum absolute atomic E-state index is 0.120. The molecular formula is C16H28N2O. The van der Waals surface area contributed by atoms with Crippen molar-refractivity contribution in [2.24, 2.45) is 11.3 Å². The minimum Gasteiger partial charge on any atom is -0.341 e. The van der Waals surface area contributed by atoms with Gasteiger partial charge in [0.15, 0.2) is 0 Å². The number of fused-ring (bicyclic) bond motifs is 1. The Morgan fingerprint density at radius 1 is 1.16 bits per heavy atom. The maximum atomic E-state index is 12.6. The first-order valence-corrected chi connectivity index (χ1v) is 8.10. The van der Waals surface area contributed by atoms with Crippen molar-refractivity contribution in [1.82, 2.24) is 10.2 Å².